The average molecular weight is 413 g/mol. The number of carbonyl (C=O) groups excluding carboxylic acids is 2. The van der Waals surface area contributed by atoms with Gasteiger partial charge in [-0.15, -0.1) is 0 Å². The van der Waals surface area contributed by atoms with E-state index in [9.17, 15) is 22.4 Å². The molecule has 1 aliphatic heterocycles. The fourth-order valence-corrected chi connectivity index (χ4v) is 4.02. The molecule has 27 heavy (non-hydrogen) atoms. The van der Waals surface area contributed by atoms with Gasteiger partial charge in [-0.3, -0.25) is 4.79 Å². The number of sulfonamides is 1. The molecular weight excluding hydrogens is 399 g/mol. The Morgan fingerprint density at radius 3 is 2.48 bits per heavy atom. The van der Waals surface area contributed by atoms with Crippen molar-refractivity contribution < 1.29 is 27.1 Å². The van der Waals surface area contributed by atoms with Crippen LogP contribution in [0.15, 0.2) is 53.4 Å². The summed E-state index contributed by atoms with van der Waals surface area (Å²) in [5.74, 6) is -1.31. The molecule has 0 bridgehead atoms. The molecule has 142 valence electrons. The monoisotopic (exact) mass is 412 g/mol. The molecule has 0 unspecified atom stereocenters. The van der Waals surface area contributed by atoms with E-state index < -0.39 is 33.9 Å². The summed E-state index contributed by atoms with van der Waals surface area (Å²) in [6.07, 6.45) is -0.843. The Balaban J connectivity index is 1.92. The molecule has 1 heterocycles. The van der Waals surface area contributed by atoms with Gasteiger partial charge < -0.3 is 4.74 Å². The maximum absolute atomic E-state index is 13.3. The number of rotatable bonds is 6. The molecule has 0 aliphatic carbocycles. The molecule has 0 radical (unpaired) electrons. The number of nitrogens with zero attached hydrogens (tertiary/aromatic N) is 1. The molecule has 1 aliphatic rings. The zero-order chi connectivity index (χ0) is 19.6. The summed E-state index contributed by atoms with van der Waals surface area (Å²) in [5, 5.41) is -0.340. The number of benzene rings is 2. The second-order valence-electron chi connectivity index (χ2n) is 5.72. The number of imide groups is 1. The predicted octanol–water partition coefficient (Wildman–Crippen LogP) is 2.48. The Kier molecular flexibility index (Phi) is 5.45. The van der Waals surface area contributed by atoms with Crippen LogP contribution in [0.2, 0.25) is 5.02 Å². The lowest BCUT2D eigenvalue weighted by Gasteiger charge is -2.22. The van der Waals surface area contributed by atoms with E-state index >= 15 is 0 Å². The summed E-state index contributed by atoms with van der Waals surface area (Å²) in [7, 11) is -4.11. The van der Waals surface area contributed by atoms with E-state index in [4.69, 9.17) is 11.6 Å². The summed E-state index contributed by atoms with van der Waals surface area (Å²) in [4.78, 5) is 24.1. The largest absolute Gasteiger partial charge is 0.439 e. The van der Waals surface area contributed by atoms with Crippen LogP contribution in [0.4, 0.5) is 9.18 Å². The zero-order valence-electron chi connectivity index (χ0n) is 13.8. The Morgan fingerprint density at radius 2 is 1.89 bits per heavy atom. The number of amides is 2. The SMILES string of the molecule is O=C1COC(=O)N1C[C@H](NS(=O)(=O)c1ccc(F)c(Cl)c1)c1ccccc1. The van der Waals surface area contributed by atoms with Gasteiger partial charge in [0.25, 0.3) is 5.91 Å². The molecule has 2 amide bonds. The number of cyclic esters (lactones) is 1. The molecule has 0 spiro atoms. The van der Waals surface area contributed by atoms with Crippen LogP contribution in [-0.2, 0) is 19.6 Å². The Hall–Kier alpha value is -2.49. The zero-order valence-corrected chi connectivity index (χ0v) is 15.3. The summed E-state index contributed by atoms with van der Waals surface area (Å²) < 4.78 is 45.8. The van der Waals surface area contributed by atoms with Crippen molar-refractivity contribution in [3.05, 3.63) is 64.9 Å². The van der Waals surface area contributed by atoms with Crippen molar-refractivity contribution in [1.29, 1.82) is 0 Å². The highest BCUT2D eigenvalue weighted by Crippen LogP contribution is 2.23. The van der Waals surface area contributed by atoms with Crippen molar-refractivity contribution in [3.8, 4) is 0 Å². The van der Waals surface area contributed by atoms with E-state index in [0.717, 1.165) is 23.1 Å². The first kappa shape index (κ1) is 19.3. The summed E-state index contributed by atoms with van der Waals surface area (Å²) in [5.41, 5.74) is 0.529. The van der Waals surface area contributed by atoms with Gasteiger partial charge in [0.2, 0.25) is 10.0 Å². The summed E-state index contributed by atoms with van der Waals surface area (Å²) >= 11 is 5.67. The lowest BCUT2D eigenvalue weighted by atomic mass is 10.1. The van der Waals surface area contributed by atoms with Crippen molar-refractivity contribution in [1.82, 2.24) is 9.62 Å². The van der Waals surface area contributed by atoms with Crippen LogP contribution in [0.25, 0.3) is 0 Å². The minimum Gasteiger partial charge on any atom is -0.439 e. The van der Waals surface area contributed by atoms with Crippen LogP contribution in [0.1, 0.15) is 11.6 Å². The number of carbonyl (C=O) groups is 2. The fourth-order valence-electron chi connectivity index (χ4n) is 2.54. The molecule has 2 aromatic carbocycles. The van der Waals surface area contributed by atoms with Gasteiger partial charge in [-0.1, -0.05) is 41.9 Å². The standard InChI is InChI=1S/C17H14ClFN2O5S/c18-13-8-12(6-7-14(13)19)27(24,25)20-15(11-4-2-1-3-5-11)9-21-16(22)10-26-17(21)23/h1-8,15,20H,9-10H2/t15-/m0/s1. The minimum atomic E-state index is -4.11. The fraction of sp³-hybridized carbons (Fsp3) is 0.176. The molecule has 10 heteroatoms. The molecular formula is C17H14ClFN2O5S. The van der Waals surface area contributed by atoms with E-state index in [2.05, 4.69) is 9.46 Å². The maximum atomic E-state index is 13.3. The third-order valence-corrected chi connectivity index (χ3v) is 5.67. The van der Waals surface area contributed by atoms with Crippen LogP contribution in [0.5, 0.6) is 0 Å². The highest BCUT2D eigenvalue weighted by molar-refractivity contribution is 7.89. The van der Waals surface area contributed by atoms with Gasteiger partial charge in [-0.25, -0.2) is 27.2 Å². The Labute approximate surface area is 159 Å². The van der Waals surface area contributed by atoms with Crippen LogP contribution in [0, 0.1) is 5.82 Å². The number of hydrogen-bond acceptors (Lipinski definition) is 5. The second kappa shape index (κ2) is 7.63. The van der Waals surface area contributed by atoms with E-state index in [1.54, 1.807) is 30.3 Å². The molecule has 0 aromatic heterocycles. The lowest BCUT2D eigenvalue weighted by molar-refractivity contribution is -0.126. The predicted molar refractivity (Wildman–Crippen MR) is 94.0 cm³/mol. The highest BCUT2D eigenvalue weighted by Gasteiger charge is 2.34. The normalized spacial score (nSPS) is 15.7. The molecule has 2 aromatic rings. The van der Waals surface area contributed by atoms with E-state index in [-0.39, 0.29) is 23.1 Å². The van der Waals surface area contributed by atoms with Crippen molar-refractivity contribution in [2.24, 2.45) is 0 Å². The first-order valence-corrected chi connectivity index (χ1v) is 9.63. The molecule has 1 atom stereocenters. The topological polar surface area (TPSA) is 92.8 Å². The van der Waals surface area contributed by atoms with E-state index in [0.29, 0.717) is 5.56 Å². The highest BCUT2D eigenvalue weighted by atomic mass is 35.5. The van der Waals surface area contributed by atoms with Crippen molar-refractivity contribution in [2.45, 2.75) is 10.9 Å². The molecule has 0 saturated carbocycles. The van der Waals surface area contributed by atoms with Gasteiger partial charge in [0.1, 0.15) is 5.82 Å². The maximum Gasteiger partial charge on any atom is 0.417 e. The third-order valence-electron chi connectivity index (χ3n) is 3.91. The van der Waals surface area contributed by atoms with E-state index in [1.807, 2.05) is 0 Å². The number of halogens is 2. The van der Waals surface area contributed by atoms with Crippen molar-refractivity contribution in [2.75, 3.05) is 13.2 Å². The number of nitrogens with one attached hydrogen (secondary N) is 1. The Morgan fingerprint density at radius 1 is 1.19 bits per heavy atom. The van der Waals surface area contributed by atoms with E-state index in [1.165, 1.54) is 0 Å². The van der Waals surface area contributed by atoms with Gasteiger partial charge >= 0.3 is 6.09 Å². The molecule has 7 nitrogen and oxygen atoms in total. The second-order valence-corrected chi connectivity index (χ2v) is 7.84. The van der Waals surface area contributed by atoms with Gasteiger partial charge in [0.05, 0.1) is 22.5 Å². The lowest BCUT2D eigenvalue weighted by Crippen LogP contribution is -2.40. The average Bonchev–Trinajstić information content (AvgIpc) is 2.96. The van der Waals surface area contributed by atoms with Crippen molar-refractivity contribution in [3.63, 3.8) is 0 Å². The van der Waals surface area contributed by atoms with Crippen LogP contribution >= 0.6 is 11.6 Å². The van der Waals surface area contributed by atoms with Gasteiger partial charge in [0, 0.05) is 0 Å². The first-order chi connectivity index (χ1) is 12.8. The van der Waals surface area contributed by atoms with Crippen LogP contribution in [0.3, 0.4) is 0 Å². The number of hydrogen-bond donors (Lipinski definition) is 1. The first-order valence-electron chi connectivity index (χ1n) is 7.77. The Bertz CT molecular complexity index is 968. The summed E-state index contributed by atoms with van der Waals surface area (Å²) in [6, 6.07) is 10.5. The smallest absolute Gasteiger partial charge is 0.417 e. The van der Waals surface area contributed by atoms with Crippen LogP contribution < -0.4 is 4.72 Å². The molecule has 3 rings (SSSR count). The quantitative estimate of drug-likeness (QED) is 0.786. The third kappa shape index (κ3) is 4.26. The van der Waals surface area contributed by atoms with Crippen LogP contribution in [-0.4, -0.2) is 38.5 Å². The van der Waals surface area contributed by atoms with Gasteiger partial charge in [-0.2, -0.15) is 0 Å². The molecule has 1 saturated heterocycles. The molecule has 1 fully saturated rings. The van der Waals surface area contributed by atoms with Crippen molar-refractivity contribution >= 4 is 33.6 Å². The van der Waals surface area contributed by atoms with Gasteiger partial charge in [-0.05, 0) is 23.8 Å². The summed E-state index contributed by atoms with van der Waals surface area (Å²) in [6.45, 7) is -0.642. The number of ether oxygens (including phenoxy) is 1. The molecule has 1 N–H and O–H groups in total. The minimum absolute atomic E-state index is 0.245. The van der Waals surface area contributed by atoms with Gasteiger partial charge in [0.15, 0.2) is 6.61 Å².